The van der Waals surface area contributed by atoms with Crippen molar-refractivity contribution >= 4 is 34.0 Å². The predicted octanol–water partition coefficient (Wildman–Crippen LogP) is 2.32. The van der Waals surface area contributed by atoms with Crippen molar-refractivity contribution in [3.63, 3.8) is 0 Å². The van der Waals surface area contributed by atoms with Crippen molar-refractivity contribution in [3.8, 4) is 11.5 Å². The fourth-order valence-corrected chi connectivity index (χ4v) is 3.41. The second kappa shape index (κ2) is 8.86. The van der Waals surface area contributed by atoms with Crippen molar-refractivity contribution in [2.75, 3.05) is 31.8 Å². The van der Waals surface area contributed by atoms with Gasteiger partial charge in [-0.1, -0.05) is 23.1 Å². The van der Waals surface area contributed by atoms with Gasteiger partial charge in [0.25, 0.3) is 0 Å². The Bertz CT molecular complexity index is 693. The molecule has 0 saturated heterocycles. The Morgan fingerprint density at radius 1 is 1.42 bits per heavy atom. The van der Waals surface area contributed by atoms with Crippen LogP contribution in [0, 0.1) is 0 Å². The first kappa shape index (κ1) is 18.5. The highest BCUT2D eigenvalue weighted by molar-refractivity contribution is 8.01. The number of aliphatic hydroxyl groups excluding tert-OH is 1. The molecule has 130 valence electrons. The van der Waals surface area contributed by atoms with Crippen LogP contribution in [0.3, 0.4) is 0 Å². The highest BCUT2D eigenvalue weighted by Gasteiger charge is 2.12. The summed E-state index contributed by atoms with van der Waals surface area (Å²) in [6.45, 7) is 1.60. The van der Waals surface area contributed by atoms with Crippen LogP contribution >= 0.6 is 23.1 Å². The third-order valence-corrected chi connectivity index (χ3v) is 5.24. The fourth-order valence-electron chi connectivity index (χ4n) is 1.78. The van der Waals surface area contributed by atoms with E-state index in [9.17, 15) is 9.90 Å². The zero-order valence-corrected chi connectivity index (χ0v) is 15.2. The second-order valence-corrected chi connectivity index (χ2v) is 7.07. The summed E-state index contributed by atoms with van der Waals surface area (Å²) in [5.74, 6) is 1.34. The molecule has 0 radical (unpaired) electrons. The Balaban J connectivity index is 1.86. The molecule has 1 aromatic carbocycles. The predicted molar refractivity (Wildman–Crippen MR) is 94.7 cm³/mol. The van der Waals surface area contributed by atoms with Crippen LogP contribution in [-0.4, -0.2) is 53.7 Å². The summed E-state index contributed by atoms with van der Waals surface area (Å²) in [4.78, 5) is 11.4. The first-order chi connectivity index (χ1) is 11.5. The minimum Gasteiger partial charge on any atom is -0.493 e. The van der Waals surface area contributed by atoms with Crippen LogP contribution in [-0.2, 0) is 0 Å². The van der Waals surface area contributed by atoms with E-state index in [1.807, 2.05) is 0 Å². The number of hydrogen-bond donors (Lipinski definition) is 2. The number of benzene rings is 1. The third kappa shape index (κ3) is 5.08. The SMILES string of the molecule is CNc1nnc(SCC(O)COc2ccc(C(C)=O)cc2OC)s1. The first-order valence-corrected chi connectivity index (χ1v) is 8.97. The number of carbonyl (C=O) groups excluding carboxylic acids is 1. The quantitative estimate of drug-likeness (QED) is 0.514. The Morgan fingerprint density at radius 3 is 2.83 bits per heavy atom. The van der Waals surface area contributed by atoms with Crippen LogP contribution in [0.5, 0.6) is 11.5 Å². The van der Waals surface area contributed by atoms with Crippen molar-refractivity contribution in [3.05, 3.63) is 23.8 Å². The van der Waals surface area contributed by atoms with Gasteiger partial charge in [-0.25, -0.2) is 0 Å². The molecule has 24 heavy (non-hydrogen) atoms. The number of ketones is 1. The van der Waals surface area contributed by atoms with E-state index >= 15 is 0 Å². The molecule has 1 atom stereocenters. The minimum absolute atomic E-state index is 0.0470. The molecule has 0 aliphatic carbocycles. The van der Waals surface area contributed by atoms with Crippen LogP contribution in [0.25, 0.3) is 0 Å². The molecule has 0 aliphatic rings. The van der Waals surface area contributed by atoms with E-state index in [2.05, 4.69) is 15.5 Å². The molecule has 2 N–H and O–H groups in total. The van der Waals surface area contributed by atoms with Crippen LogP contribution in [0.15, 0.2) is 22.5 Å². The summed E-state index contributed by atoms with van der Waals surface area (Å²) in [6, 6.07) is 4.96. The number of hydrogen-bond acceptors (Lipinski definition) is 9. The average molecular weight is 369 g/mol. The van der Waals surface area contributed by atoms with E-state index in [1.165, 1.54) is 37.1 Å². The van der Waals surface area contributed by atoms with Crippen molar-refractivity contribution in [1.82, 2.24) is 10.2 Å². The van der Waals surface area contributed by atoms with Crippen molar-refractivity contribution in [2.45, 2.75) is 17.4 Å². The normalized spacial score (nSPS) is 11.8. The molecule has 0 amide bonds. The monoisotopic (exact) mass is 369 g/mol. The molecular formula is C15H19N3O4S2. The Morgan fingerprint density at radius 2 is 2.21 bits per heavy atom. The van der Waals surface area contributed by atoms with Gasteiger partial charge in [0.1, 0.15) is 6.61 Å². The molecule has 0 saturated carbocycles. The first-order valence-electron chi connectivity index (χ1n) is 7.17. The van der Waals surface area contributed by atoms with Gasteiger partial charge in [0, 0.05) is 18.4 Å². The lowest BCUT2D eigenvalue weighted by atomic mass is 10.1. The maximum Gasteiger partial charge on any atom is 0.206 e. The Hall–Kier alpha value is -1.84. The standard InChI is InChI=1S/C15H19N3O4S2/c1-9(19)10-4-5-12(13(6-10)21-3)22-7-11(20)8-23-15-18-17-14(16-2)24-15/h4-6,11,20H,7-8H2,1-3H3,(H,16,17). The lowest BCUT2D eigenvalue weighted by Gasteiger charge is -2.14. The molecule has 0 aliphatic heterocycles. The smallest absolute Gasteiger partial charge is 0.206 e. The number of rotatable bonds is 9. The van der Waals surface area contributed by atoms with E-state index in [0.29, 0.717) is 22.8 Å². The maximum absolute atomic E-state index is 11.4. The van der Waals surface area contributed by atoms with Gasteiger partial charge in [-0.2, -0.15) is 0 Å². The van der Waals surface area contributed by atoms with Gasteiger partial charge in [0.2, 0.25) is 5.13 Å². The highest BCUT2D eigenvalue weighted by Crippen LogP contribution is 2.29. The summed E-state index contributed by atoms with van der Waals surface area (Å²) >= 11 is 2.84. The number of aromatic nitrogens is 2. The van der Waals surface area contributed by atoms with Gasteiger partial charge in [-0.15, -0.1) is 10.2 Å². The number of nitrogens with one attached hydrogen (secondary N) is 1. The lowest BCUT2D eigenvalue weighted by Crippen LogP contribution is -2.20. The summed E-state index contributed by atoms with van der Waals surface area (Å²) < 4.78 is 11.6. The minimum atomic E-state index is -0.672. The van der Waals surface area contributed by atoms with Crippen molar-refractivity contribution in [1.29, 1.82) is 0 Å². The molecule has 1 aromatic heterocycles. The van der Waals surface area contributed by atoms with Crippen LogP contribution in [0.1, 0.15) is 17.3 Å². The molecular weight excluding hydrogens is 350 g/mol. The molecule has 1 unspecified atom stereocenters. The summed E-state index contributed by atoms with van der Waals surface area (Å²) in [5, 5.41) is 21.6. The second-order valence-electron chi connectivity index (χ2n) is 4.82. The number of ether oxygens (including phenoxy) is 2. The lowest BCUT2D eigenvalue weighted by molar-refractivity contribution is 0.101. The molecule has 9 heteroatoms. The fraction of sp³-hybridized carbons (Fsp3) is 0.400. The average Bonchev–Trinajstić information content (AvgIpc) is 3.05. The van der Waals surface area contributed by atoms with Gasteiger partial charge < -0.3 is 19.9 Å². The van der Waals surface area contributed by atoms with Gasteiger partial charge in [0.15, 0.2) is 21.6 Å². The van der Waals surface area contributed by atoms with Crippen LogP contribution < -0.4 is 14.8 Å². The highest BCUT2D eigenvalue weighted by atomic mass is 32.2. The Labute approximate surface area is 148 Å². The van der Waals surface area contributed by atoms with Crippen LogP contribution in [0.4, 0.5) is 5.13 Å². The van der Waals surface area contributed by atoms with E-state index in [1.54, 1.807) is 25.2 Å². The molecule has 7 nitrogen and oxygen atoms in total. The molecule has 0 bridgehead atoms. The maximum atomic E-state index is 11.4. The van der Waals surface area contributed by atoms with Crippen molar-refractivity contribution < 1.29 is 19.4 Å². The third-order valence-electron chi connectivity index (χ3n) is 3.02. The van der Waals surface area contributed by atoms with Crippen molar-refractivity contribution in [2.24, 2.45) is 0 Å². The van der Waals surface area contributed by atoms with E-state index in [0.717, 1.165) is 9.47 Å². The van der Waals surface area contributed by atoms with Crippen LogP contribution in [0.2, 0.25) is 0 Å². The van der Waals surface area contributed by atoms with Gasteiger partial charge in [-0.3, -0.25) is 4.79 Å². The van der Waals surface area contributed by atoms with E-state index in [4.69, 9.17) is 9.47 Å². The number of carbonyl (C=O) groups is 1. The number of nitrogens with zero attached hydrogens (tertiary/aromatic N) is 2. The van der Waals surface area contributed by atoms with E-state index < -0.39 is 6.10 Å². The summed E-state index contributed by atoms with van der Waals surface area (Å²) in [5.41, 5.74) is 0.548. The summed E-state index contributed by atoms with van der Waals surface area (Å²) in [6.07, 6.45) is -0.672. The number of Topliss-reactive ketones (excluding diaryl/α,β-unsaturated/α-hetero) is 1. The number of methoxy groups -OCH3 is 1. The number of aliphatic hydroxyl groups is 1. The topological polar surface area (TPSA) is 93.6 Å². The molecule has 0 fully saturated rings. The zero-order chi connectivity index (χ0) is 17.5. The molecule has 1 heterocycles. The van der Waals surface area contributed by atoms with Gasteiger partial charge in [0.05, 0.1) is 13.2 Å². The Kier molecular flexibility index (Phi) is 6.83. The summed E-state index contributed by atoms with van der Waals surface area (Å²) in [7, 11) is 3.29. The largest absolute Gasteiger partial charge is 0.493 e. The zero-order valence-electron chi connectivity index (χ0n) is 13.6. The van der Waals surface area contributed by atoms with Gasteiger partial charge >= 0.3 is 0 Å². The molecule has 0 spiro atoms. The molecule has 2 aromatic rings. The number of thioether (sulfide) groups is 1. The van der Waals surface area contributed by atoms with E-state index in [-0.39, 0.29) is 12.4 Å². The molecule has 2 rings (SSSR count). The van der Waals surface area contributed by atoms with Gasteiger partial charge in [-0.05, 0) is 25.1 Å². The number of anilines is 1.